The maximum atomic E-state index is 14.3. The number of aliphatic hydroxyl groups is 1. The van der Waals surface area contributed by atoms with Gasteiger partial charge >= 0.3 is 6.18 Å². The minimum Gasteiger partial charge on any atom is -0.390 e. The number of rotatable bonds is 4. The Morgan fingerprint density at radius 1 is 1.22 bits per heavy atom. The largest absolute Gasteiger partial charge is 0.405 e. The average Bonchev–Trinajstić information content (AvgIpc) is 3.22. The number of H-pyrrole nitrogens is 1. The molecule has 0 fully saturated rings. The van der Waals surface area contributed by atoms with Crippen molar-refractivity contribution in [3.05, 3.63) is 42.4 Å². The van der Waals surface area contributed by atoms with Crippen LogP contribution in [0.5, 0.6) is 0 Å². The first-order chi connectivity index (χ1) is 12.9. The Bertz CT molecular complexity index is 1130. The molecule has 0 aliphatic carbocycles. The van der Waals surface area contributed by atoms with Gasteiger partial charge in [-0.05, 0) is 6.07 Å². The number of aliphatic hydroxyl groups excluding tert-OH is 1. The van der Waals surface area contributed by atoms with Crippen LogP contribution in [0, 0.1) is 5.82 Å². The van der Waals surface area contributed by atoms with Crippen molar-refractivity contribution in [2.24, 2.45) is 0 Å². The van der Waals surface area contributed by atoms with Crippen LogP contribution in [0.1, 0.15) is 5.69 Å². The number of alkyl halides is 3. The molecule has 7 nitrogen and oxygen atoms in total. The molecule has 4 rings (SSSR count). The Morgan fingerprint density at radius 2 is 2.04 bits per heavy atom. The molecule has 0 bridgehead atoms. The Labute approximate surface area is 148 Å². The summed E-state index contributed by atoms with van der Waals surface area (Å²) in [4.78, 5) is 14.6. The van der Waals surface area contributed by atoms with Gasteiger partial charge in [-0.3, -0.25) is 4.40 Å². The Hall–Kier alpha value is -3.21. The molecule has 0 atom stereocenters. The summed E-state index contributed by atoms with van der Waals surface area (Å²) in [7, 11) is 0. The molecule has 4 heterocycles. The third-order valence-corrected chi connectivity index (χ3v) is 3.99. The second-order valence-electron chi connectivity index (χ2n) is 5.80. The summed E-state index contributed by atoms with van der Waals surface area (Å²) in [5, 5.41) is 12.0. The summed E-state index contributed by atoms with van der Waals surface area (Å²) < 4.78 is 52.7. The van der Waals surface area contributed by atoms with Gasteiger partial charge in [0.15, 0.2) is 11.5 Å². The second kappa shape index (κ2) is 6.20. The van der Waals surface area contributed by atoms with Gasteiger partial charge in [-0.15, -0.1) is 0 Å². The highest BCUT2D eigenvalue weighted by atomic mass is 19.4. The molecule has 0 unspecified atom stereocenters. The number of anilines is 1. The molecule has 4 aromatic heterocycles. The maximum Gasteiger partial charge on any atom is 0.405 e. The van der Waals surface area contributed by atoms with E-state index in [9.17, 15) is 22.7 Å². The van der Waals surface area contributed by atoms with Gasteiger partial charge in [0.25, 0.3) is 0 Å². The van der Waals surface area contributed by atoms with E-state index < -0.39 is 18.5 Å². The fourth-order valence-corrected chi connectivity index (χ4v) is 2.77. The van der Waals surface area contributed by atoms with E-state index in [4.69, 9.17) is 0 Å². The van der Waals surface area contributed by atoms with Crippen molar-refractivity contribution in [3.8, 4) is 11.1 Å². The fourth-order valence-electron chi connectivity index (χ4n) is 2.77. The van der Waals surface area contributed by atoms with E-state index in [-0.39, 0.29) is 18.2 Å². The van der Waals surface area contributed by atoms with Crippen LogP contribution in [0.3, 0.4) is 0 Å². The van der Waals surface area contributed by atoms with Crippen molar-refractivity contribution >= 4 is 22.6 Å². The molecule has 27 heavy (non-hydrogen) atoms. The number of halogens is 4. The predicted octanol–water partition coefficient (Wildman–Crippen LogP) is 2.88. The van der Waals surface area contributed by atoms with Gasteiger partial charge in [0.1, 0.15) is 12.2 Å². The van der Waals surface area contributed by atoms with Crippen LogP contribution >= 0.6 is 0 Å². The molecule has 0 amide bonds. The molecule has 4 aromatic rings. The van der Waals surface area contributed by atoms with E-state index in [0.29, 0.717) is 27.9 Å². The molecule has 0 saturated heterocycles. The number of hydrogen-bond acceptors (Lipinski definition) is 5. The van der Waals surface area contributed by atoms with Gasteiger partial charge in [0.05, 0.1) is 18.5 Å². The number of aromatic nitrogens is 5. The summed E-state index contributed by atoms with van der Waals surface area (Å²) in [6.07, 6.45) is 1.51. The van der Waals surface area contributed by atoms with Crippen LogP contribution in [-0.2, 0) is 6.61 Å². The highest BCUT2D eigenvalue weighted by molar-refractivity contribution is 5.93. The Balaban J connectivity index is 1.75. The number of nitrogens with zero attached hydrogens (tertiary/aromatic N) is 4. The number of fused-ring (bicyclic) bond motifs is 2. The fraction of sp³-hybridized carbons (Fsp3) is 0.188. The molecule has 11 heteroatoms. The standard InChI is InChI=1S/C16H12F4N6O/c17-12-1-8(5-26-9(6-27)2-22-14(12)26)10-3-21-13-11(10)4-23-15(25-13)24-7-16(18,19)20/h1-5,27H,6-7H2,(H2,21,23,24,25). The van der Waals surface area contributed by atoms with E-state index in [0.717, 1.165) is 0 Å². The summed E-state index contributed by atoms with van der Waals surface area (Å²) in [5.74, 6) is -0.752. The monoisotopic (exact) mass is 380 g/mol. The number of imidazole rings is 1. The average molecular weight is 380 g/mol. The summed E-state index contributed by atoms with van der Waals surface area (Å²) in [6, 6.07) is 1.28. The topological polar surface area (TPSA) is 91.1 Å². The van der Waals surface area contributed by atoms with Gasteiger partial charge in [-0.2, -0.15) is 18.2 Å². The van der Waals surface area contributed by atoms with Gasteiger partial charge in [0, 0.05) is 35.1 Å². The third-order valence-electron chi connectivity index (χ3n) is 3.99. The third kappa shape index (κ3) is 3.16. The van der Waals surface area contributed by atoms with Crippen LogP contribution < -0.4 is 5.32 Å². The smallest absolute Gasteiger partial charge is 0.390 e. The van der Waals surface area contributed by atoms with Crippen LogP contribution in [-0.4, -0.2) is 42.2 Å². The van der Waals surface area contributed by atoms with E-state index >= 15 is 0 Å². The van der Waals surface area contributed by atoms with Crippen molar-refractivity contribution in [2.75, 3.05) is 11.9 Å². The van der Waals surface area contributed by atoms with Gasteiger partial charge in [-0.25, -0.2) is 14.4 Å². The van der Waals surface area contributed by atoms with Crippen LogP contribution in [0.15, 0.2) is 30.9 Å². The lowest BCUT2D eigenvalue weighted by Gasteiger charge is -2.08. The SMILES string of the molecule is OCc1cnc2c(F)cc(-c3c[nH]c4nc(NCC(F)(F)F)ncc34)cn12. The number of nitrogens with one attached hydrogen (secondary N) is 2. The summed E-state index contributed by atoms with van der Waals surface area (Å²) >= 11 is 0. The number of aromatic amines is 1. The molecular weight excluding hydrogens is 368 g/mol. The van der Waals surface area contributed by atoms with Crippen LogP contribution in [0.2, 0.25) is 0 Å². The second-order valence-corrected chi connectivity index (χ2v) is 5.80. The quantitative estimate of drug-likeness (QED) is 0.474. The van der Waals surface area contributed by atoms with Crippen molar-refractivity contribution in [3.63, 3.8) is 0 Å². The molecule has 0 radical (unpaired) electrons. The van der Waals surface area contributed by atoms with Gasteiger partial charge < -0.3 is 15.4 Å². The van der Waals surface area contributed by atoms with Crippen molar-refractivity contribution in [1.82, 2.24) is 24.3 Å². The minimum atomic E-state index is -4.39. The van der Waals surface area contributed by atoms with Gasteiger partial charge in [0.2, 0.25) is 5.95 Å². The van der Waals surface area contributed by atoms with E-state index in [1.54, 1.807) is 12.4 Å². The summed E-state index contributed by atoms with van der Waals surface area (Å²) in [5.41, 5.74) is 1.83. The Kier molecular flexibility index (Phi) is 3.95. The number of pyridine rings is 1. The van der Waals surface area contributed by atoms with Crippen LogP contribution in [0.4, 0.5) is 23.5 Å². The molecule has 0 spiro atoms. The zero-order valence-corrected chi connectivity index (χ0v) is 13.5. The normalized spacial score (nSPS) is 12.2. The van der Waals surface area contributed by atoms with E-state index in [2.05, 4.69) is 25.3 Å². The van der Waals surface area contributed by atoms with E-state index in [1.807, 2.05) is 0 Å². The molecule has 0 aromatic carbocycles. The first-order valence-electron chi connectivity index (χ1n) is 7.77. The van der Waals surface area contributed by atoms with Crippen LogP contribution in [0.25, 0.3) is 27.8 Å². The van der Waals surface area contributed by atoms with Crippen molar-refractivity contribution in [2.45, 2.75) is 12.8 Å². The highest BCUT2D eigenvalue weighted by Crippen LogP contribution is 2.29. The lowest BCUT2D eigenvalue weighted by Crippen LogP contribution is -2.22. The first kappa shape index (κ1) is 17.2. The first-order valence-corrected chi connectivity index (χ1v) is 7.77. The molecule has 0 aliphatic rings. The Morgan fingerprint density at radius 3 is 2.78 bits per heavy atom. The predicted molar refractivity (Wildman–Crippen MR) is 88.5 cm³/mol. The zero-order valence-electron chi connectivity index (χ0n) is 13.5. The summed E-state index contributed by atoms with van der Waals surface area (Å²) in [6.45, 7) is -1.56. The molecule has 140 valence electrons. The van der Waals surface area contributed by atoms with Gasteiger partial charge in [-0.1, -0.05) is 0 Å². The zero-order chi connectivity index (χ0) is 19.2. The maximum absolute atomic E-state index is 14.3. The molecular formula is C16H12F4N6O. The minimum absolute atomic E-state index is 0.0810. The van der Waals surface area contributed by atoms with Crippen molar-refractivity contribution in [1.29, 1.82) is 0 Å². The molecule has 3 N–H and O–H groups in total. The van der Waals surface area contributed by atoms with E-state index in [1.165, 1.54) is 22.9 Å². The molecule has 0 aliphatic heterocycles. The lowest BCUT2D eigenvalue weighted by atomic mass is 10.1. The lowest BCUT2D eigenvalue weighted by molar-refractivity contribution is -0.115. The van der Waals surface area contributed by atoms with Crippen molar-refractivity contribution < 1.29 is 22.7 Å². The molecule has 0 saturated carbocycles. The highest BCUT2D eigenvalue weighted by Gasteiger charge is 2.27. The number of hydrogen-bond donors (Lipinski definition) is 3.